The number of halogens is 1. The Hall–Kier alpha value is -1.14. The molecule has 2 heterocycles. The van der Waals surface area contributed by atoms with Crippen LogP contribution >= 0.6 is 12.4 Å². The predicted molar refractivity (Wildman–Crippen MR) is 104 cm³/mol. The van der Waals surface area contributed by atoms with Crippen LogP contribution < -0.4 is 5.32 Å². The average molecular weight is 381 g/mol. The second kappa shape index (κ2) is 7.62. The first kappa shape index (κ1) is 18.6. The Balaban J connectivity index is 0.00000182. The number of nitrogens with zero attached hydrogens (tertiary/aromatic N) is 1. The van der Waals surface area contributed by atoms with Crippen LogP contribution in [-0.4, -0.2) is 38.4 Å². The summed E-state index contributed by atoms with van der Waals surface area (Å²) in [6.07, 6.45) is 4.41. The Morgan fingerprint density at radius 2 is 1.68 bits per heavy atom. The maximum atomic E-state index is 13.1. The van der Waals surface area contributed by atoms with Crippen LogP contribution in [0.15, 0.2) is 47.4 Å². The van der Waals surface area contributed by atoms with Crippen molar-refractivity contribution in [3.8, 4) is 0 Å². The minimum atomic E-state index is -3.42. The number of benzene rings is 2. The standard InChI is InChI=1S/C19H24N2O2S.ClH/c22-24(23,19-9-3-6-15-5-1-2-7-17(15)19)21-13-10-16(11-14-21)18-8-4-12-20-18;/h1-3,5-7,9,16,18,20H,4,8,10-14H2;1H. The highest BCUT2D eigenvalue weighted by atomic mass is 35.5. The molecular weight excluding hydrogens is 356 g/mol. The van der Waals surface area contributed by atoms with Gasteiger partial charge in [0, 0.05) is 24.5 Å². The minimum absolute atomic E-state index is 0. The lowest BCUT2D eigenvalue weighted by Crippen LogP contribution is -2.43. The third kappa shape index (κ3) is 3.56. The molecule has 0 radical (unpaired) electrons. The normalized spacial score (nSPS) is 22.8. The van der Waals surface area contributed by atoms with Crippen LogP contribution in [0.25, 0.3) is 10.8 Å². The van der Waals surface area contributed by atoms with Crippen LogP contribution in [0.3, 0.4) is 0 Å². The number of fused-ring (bicyclic) bond motifs is 1. The Kier molecular flexibility index (Phi) is 5.68. The zero-order valence-corrected chi connectivity index (χ0v) is 15.9. The van der Waals surface area contributed by atoms with E-state index >= 15 is 0 Å². The number of rotatable bonds is 3. The molecule has 0 bridgehead atoms. The second-order valence-corrected chi connectivity index (χ2v) is 8.83. The van der Waals surface area contributed by atoms with Crippen molar-refractivity contribution in [2.75, 3.05) is 19.6 Å². The molecule has 4 nitrogen and oxygen atoms in total. The fourth-order valence-corrected chi connectivity index (χ4v) is 5.88. The van der Waals surface area contributed by atoms with Gasteiger partial charge in [0.1, 0.15) is 0 Å². The van der Waals surface area contributed by atoms with Gasteiger partial charge < -0.3 is 5.32 Å². The molecule has 2 aliphatic heterocycles. The number of nitrogens with one attached hydrogen (secondary N) is 1. The van der Waals surface area contributed by atoms with Gasteiger partial charge in [0.15, 0.2) is 0 Å². The van der Waals surface area contributed by atoms with Gasteiger partial charge in [-0.05, 0) is 49.6 Å². The van der Waals surface area contributed by atoms with Crippen LogP contribution in [0.4, 0.5) is 0 Å². The van der Waals surface area contributed by atoms with Gasteiger partial charge in [0.05, 0.1) is 4.90 Å². The van der Waals surface area contributed by atoms with Crippen molar-refractivity contribution in [2.24, 2.45) is 5.92 Å². The monoisotopic (exact) mass is 380 g/mol. The predicted octanol–water partition coefficient (Wildman–Crippen LogP) is 3.41. The van der Waals surface area contributed by atoms with Gasteiger partial charge in [0.25, 0.3) is 0 Å². The summed E-state index contributed by atoms with van der Waals surface area (Å²) in [7, 11) is -3.42. The molecule has 2 aromatic carbocycles. The first-order valence-corrected chi connectivity index (χ1v) is 10.3. The van der Waals surface area contributed by atoms with Gasteiger partial charge in [-0.2, -0.15) is 4.31 Å². The topological polar surface area (TPSA) is 49.4 Å². The van der Waals surface area contributed by atoms with Crippen LogP contribution in [0.1, 0.15) is 25.7 Å². The molecule has 0 spiro atoms. The molecule has 2 aromatic rings. The van der Waals surface area contributed by atoms with E-state index in [2.05, 4.69) is 5.32 Å². The molecule has 0 saturated carbocycles. The van der Waals surface area contributed by atoms with E-state index in [-0.39, 0.29) is 12.4 Å². The van der Waals surface area contributed by atoms with Gasteiger partial charge in [0.2, 0.25) is 10.0 Å². The molecular formula is C19H25ClN2O2S. The fourth-order valence-electron chi connectivity index (χ4n) is 4.19. The first-order valence-electron chi connectivity index (χ1n) is 8.87. The zero-order valence-electron chi connectivity index (χ0n) is 14.2. The van der Waals surface area contributed by atoms with Gasteiger partial charge in [-0.1, -0.05) is 36.4 Å². The molecule has 1 atom stereocenters. The van der Waals surface area contributed by atoms with Gasteiger partial charge in [-0.25, -0.2) is 8.42 Å². The van der Waals surface area contributed by atoms with Crippen LogP contribution in [-0.2, 0) is 10.0 Å². The van der Waals surface area contributed by atoms with E-state index in [0.717, 1.165) is 30.2 Å². The van der Waals surface area contributed by atoms with Crippen molar-refractivity contribution in [1.29, 1.82) is 0 Å². The van der Waals surface area contributed by atoms with Crippen molar-refractivity contribution < 1.29 is 8.42 Å². The van der Waals surface area contributed by atoms with Crippen molar-refractivity contribution in [3.05, 3.63) is 42.5 Å². The van der Waals surface area contributed by atoms with E-state index in [4.69, 9.17) is 0 Å². The van der Waals surface area contributed by atoms with Crippen molar-refractivity contribution >= 4 is 33.2 Å². The number of hydrogen-bond acceptors (Lipinski definition) is 3. The maximum Gasteiger partial charge on any atom is 0.243 e. The molecule has 0 amide bonds. The van der Waals surface area contributed by atoms with Crippen LogP contribution in [0.2, 0.25) is 0 Å². The molecule has 4 rings (SSSR count). The van der Waals surface area contributed by atoms with E-state index in [0.29, 0.717) is 29.9 Å². The first-order chi connectivity index (χ1) is 11.7. The van der Waals surface area contributed by atoms with Crippen molar-refractivity contribution in [3.63, 3.8) is 0 Å². The van der Waals surface area contributed by atoms with Crippen LogP contribution in [0.5, 0.6) is 0 Å². The van der Waals surface area contributed by atoms with Gasteiger partial charge in [-0.15, -0.1) is 12.4 Å². The van der Waals surface area contributed by atoms with Crippen LogP contribution in [0, 0.1) is 5.92 Å². The molecule has 25 heavy (non-hydrogen) atoms. The Bertz CT molecular complexity index is 821. The Labute approximate surface area is 156 Å². The molecule has 2 fully saturated rings. The summed E-state index contributed by atoms with van der Waals surface area (Å²) in [6.45, 7) is 2.38. The molecule has 6 heteroatoms. The smallest absolute Gasteiger partial charge is 0.243 e. The highest BCUT2D eigenvalue weighted by Crippen LogP contribution is 2.31. The van der Waals surface area contributed by atoms with E-state index in [9.17, 15) is 8.42 Å². The number of sulfonamides is 1. The van der Waals surface area contributed by atoms with E-state index in [1.165, 1.54) is 12.8 Å². The van der Waals surface area contributed by atoms with Gasteiger partial charge in [-0.3, -0.25) is 0 Å². The number of piperidine rings is 1. The summed E-state index contributed by atoms with van der Waals surface area (Å²) in [4.78, 5) is 0.443. The lowest BCUT2D eigenvalue weighted by molar-refractivity contribution is 0.234. The zero-order chi connectivity index (χ0) is 16.6. The molecule has 136 valence electrons. The summed E-state index contributed by atoms with van der Waals surface area (Å²) in [5.41, 5.74) is 0. The summed E-state index contributed by atoms with van der Waals surface area (Å²) in [5.74, 6) is 0.617. The molecule has 2 aliphatic rings. The lowest BCUT2D eigenvalue weighted by Gasteiger charge is -2.34. The third-order valence-corrected chi connectivity index (χ3v) is 7.49. The largest absolute Gasteiger partial charge is 0.314 e. The quantitative estimate of drug-likeness (QED) is 0.887. The lowest BCUT2D eigenvalue weighted by atomic mass is 9.89. The SMILES string of the molecule is Cl.O=S(=O)(c1cccc2ccccc12)N1CCC(C2CCCN2)CC1. The van der Waals surface area contributed by atoms with Crippen molar-refractivity contribution in [2.45, 2.75) is 36.6 Å². The second-order valence-electron chi connectivity index (χ2n) is 6.92. The molecule has 2 saturated heterocycles. The summed E-state index contributed by atoms with van der Waals surface area (Å²) in [6, 6.07) is 13.8. The molecule has 0 aromatic heterocycles. The summed E-state index contributed by atoms with van der Waals surface area (Å²) in [5, 5.41) is 5.36. The number of hydrogen-bond donors (Lipinski definition) is 1. The Morgan fingerprint density at radius 1 is 0.960 bits per heavy atom. The fraction of sp³-hybridized carbons (Fsp3) is 0.474. The maximum absolute atomic E-state index is 13.1. The van der Waals surface area contributed by atoms with Gasteiger partial charge >= 0.3 is 0 Å². The highest BCUT2D eigenvalue weighted by Gasteiger charge is 2.33. The third-order valence-electron chi connectivity index (χ3n) is 5.53. The summed E-state index contributed by atoms with van der Waals surface area (Å²) >= 11 is 0. The summed E-state index contributed by atoms with van der Waals surface area (Å²) < 4.78 is 28.0. The Morgan fingerprint density at radius 3 is 2.40 bits per heavy atom. The molecule has 1 N–H and O–H groups in total. The van der Waals surface area contributed by atoms with E-state index < -0.39 is 10.0 Å². The van der Waals surface area contributed by atoms with E-state index in [1.54, 1.807) is 10.4 Å². The molecule has 1 unspecified atom stereocenters. The van der Waals surface area contributed by atoms with Crippen molar-refractivity contribution in [1.82, 2.24) is 9.62 Å². The highest BCUT2D eigenvalue weighted by molar-refractivity contribution is 7.89. The molecule has 0 aliphatic carbocycles. The average Bonchev–Trinajstić information content (AvgIpc) is 3.16. The van der Waals surface area contributed by atoms with E-state index in [1.807, 2.05) is 36.4 Å². The minimum Gasteiger partial charge on any atom is -0.314 e.